The topological polar surface area (TPSA) is 100 Å². The molecule has 3 N–H and O–H groups in total. The second-order valence-corrected chi connectivity index (χ2v) is 6.61. The first-order valence-corrected chi connectivity index (χ1v) is 8.52. The van der Waals surface area contributed by atoms with Crippen LogP contribution in [0.2, 0.25) is 0 Å². The van der Waals surface area contributed by atoms with Crippen molar-refractivity contribution in [3.8, 4) is 5.75 Å². The van der Waals surface area contributed by atoms with Gasteiger partial charge < -0.3 is 9.72 Å². The molecule has 24 heavy (non-hydrogen) atoms. The van der Waals surface area contributed by atoms with Gasteiger partial charge in [-0.25, -0.2) is 8.42 Å². The van der Waals surface area contributed by atoms with Gasteiger partial charge in [0.1, 0.15) is 10.6 Å². The third kappa shape index (κ3) is 2.97. The Balaban J connectivity index is 1.81. The number of hydrogen-bond donors (Lipinski definition) is 3. The molecular formula is C16H15N3O4S. The van der Waals surface area contributed by atoms with E-state index in [1.54, 1.807) is 24.3 Å². The van der Waals surface area contributed by atoms with Crippen LogP contribution in [0.4, 0.5) is 0 Å². The molecule has 0 atom stereocenters. The second kappa shape index (κ2) is 6.34. The molecule has 0 radical (unpaired) electrons. The van der Waals surface area contributed by atoms with Gasteiger partial charge in [0, 0.05) is 17.1 Å². The van der Waals surface area contributed by atoms with Gasteiger partial charge in [-0.15, -0.1) is 4.83 Å². The molecule has 0 bridgehead atoms. The first-order chi connectivity index (χ1) is 11.5. The molecule has 7 nitrogen and oxygen atoms in total. The maximum atomic E-state index is 12.3. The number of benzene rings is 2. The number of H-pyrrole nitrogens is 1. The molecule has 0 saturated carbocycles. The molecule has 124 valence electrons. The van der Waals surface area contributed by atoms with Gasteiger partial charge >= 0.3 is 0 Å². The highest BCUT2D eigenvalue weighted by atomic mass is 32.2. The quantitative estimate of drug-likeness (QED) is 0.614. The lowest BCUT2D eigenvalue weighted by Crippen LogP contribution is -2.41. The molecule has 1 aromatic heterocycles. The van der Waals surface area contributed by atoms with E-state index in [0.29, 0.717) is 10.9 Å². The number of aromatic amines is 1. The number of amides is 1. The number of hydrogen-bond acceptors (Lipinski definition) is 4. The van der Waals surface area contributed by atoms with Gasteiger partial charge in [0.15, 0.2) is 0 Å². The highest BCUT2D eigenvalue weighted by Gasteiger charge is 2.20. The van der Waals surface area contributed by atoms with E-state index < -0.39 is 15.9 Å². The smallest absolute Gasteiger partial charge is 0.268 e. The minimum Gasteiger partial charge on any atom is -0.495 e. The lowest BCUT2D eigenvalue weighted by Gasteiger charge is -2.11. The molecule has 0 aliphatic heterocycles. The van der Waals surface area contributed by atoms with Crippen LogP contribution in [0.15, 0.2) is 59.6 Å². The first-order valence-electron chi connectivity index (χ1n) is 7.04. The number of rotatable bonds is 5. The van der Waals surface area contributed by atoms with Crippen LogP contribution in [0, 0.1) is 0 Å². The molecule has 0 fully saturated rings. The van der Waals surface area contributed by atoms with Crippen LogP contribution in [0.5, 0.6) is 5.75 Å². The molecule has 0 aliphatic carbocycles. The number of nitrogens with one attached hydrogen (secondary N) is 3. The van der Waals surface area contributed by atoms with Crippen LogP contribution in [0.25, 0.3) is 10.9 Å². The molecule has 8 heteroatoms. The lowest BCUT2D eigenvalue weighted by molar-refractivity contribution is 0.0947. The number of para-hydroxylation sites is 2. The van der Waals surface area contributed by atoms with Gasteiger partial charge in [0.05, 0.1) is 12.7 Å². The SMILES string of the molecule is COc1ccccc1S(=O)(=O)NNC(=O)c1c[nH]c2ccccc12. The summed E-state index contributed by atoms with van der Waals surface area (Å²) in [4.78, 5) is 17.2. The third-order valence-electron chi connectivity index (χ3n) is 3.49. The predicted octanol–water partition coefficient (Wildman–Crippen LogP) is 1.80. The molecule has 1 amide bonds. The minimum absolute atomic E-state index is 0.0632. The fraction of sp³-hybridized carbons (Fsp3) is 0.0625. The summed E-state index contributed by atoms with van der Waals surface area (Å²) in [5.41, 5.74) is 3.34. The molecule has 0 spiro atoms. The Morgan fingerprint density at radius 3 is 2.58 bits per heavy atom. The monoisotopic (exact) mass is 345 g/mol. The van der Waals surface area contributed by atoms with E-state index in [-0.39, 0.29) is 10.6 Å². The summed E-state index contributed by atoms with van der Waals surface area (Å²) < 4.78 is 29.7. The maximum absolute atomic E-state index is 12.3. The Labute approximate surface area is 138 Å². The van der Waals surface area contributed by atoms with Gasteiger partial charge in [0.25, 0.3) is 15.9 Å². The van der Waals surface area contributed by atoms with Crippen molar-refractivity contribution in [1.29, 1.82) is 0 Å². The summed E-state index contributed by atoms with van der Waals surface area (Å²) >= 11 is 0. The second-order valence-electron chi connectivity index (χ2n) is 4.96. The largest absolute Gasteiger partial charge is 0.495 e. The van der Waals surface area contributed by atoms with Gasteiger partial charge in [0.2, 0.25) is 0 Å². The summed E-state index contributed by atoms with van der Waals surface area (Å²) in [6.45, 7) is 0. The fourth-order valence-corrected chi connectivity index (χ4v) is 3.35. The van der Waals surface area contributed by atoms with Crippen LogP contribution < -0.4 is 15.0 Å². The molecule has 2 aromatic carbocycles. The normalized spacial score (nSPS) is 11.4. The van der Waals surface area contributed by atoms with E-state index in [4.69, 9.17) is 4.74 Å². The number of ether oxygens (including phenoxy) is 1. The Hall–Kier alpha value is -2.84. The average Bonchev–Trinajstić information content (AvgIpc) is 3.04. The van der Waals surface area contributed by atoms with Gasteiger partial charge in [-0.3, -0.25) is 10.2 Å². The summed E-state index contributed by atoms with van der Waals surface area (Å²) in [6.07, 6.45) is 1.53. The predicted molar refractivity (Wildman–Crippen MR) is 89.1 cm³/mol. The Morgan fingerprint density at radius 2 is 1.79 bits per heavy atom. The van der Waals surface area contributed by atoms with Crippen molar-refractivity contribution in [2.45, 2.75) is 4.90 Å². The Morgan fingerprint density at radius 1 is 1.08 bits per heavy atom. The van der Waals surface area contributed by atoms with Crippen molar-refractivity contribution in [1.82, 2.24) is 15.2 Å². The van der Waals surface area contributed by atoms with Crippen molar-refractivity contribution in [2.24, 2.45) is 0 Å². The lowest BCUT2D eigenvalue weighted by atomic mass is 10.2. The van der Waals surface area contributed by atoms with Crippen LogP contribution in [-0.4, -0.2) is 26.4 Å². The van der Waals surface area contributed by atoms with Crippen molar-refractivity contribution in [3.05, 3.63) is 60.3 Å². The Kier molecular flexibility index (Phi) is 4.24. The summed E-state index contributed by atoms with van der Waals surface area (Å²) in [5.74, 6) is -0.378. The third-order valence-corrected chi connectivity index (χ3v) is 4.78. The zero-order chi connectivity index (χ0) is 17.2. The van der Waals surface area contributed by atoms with Gasteiger partial charge in [-0.1, -0.05) is 30.3 Å². The van der Waals surface area contributed by atoms with E-state index in [0.717, 1.165) is 5.52 Å². The highest BCUT2D eigenvalue weighted by Crippen LogP contribution is 2.22. The fourth-order valence-electron chi connectivity index (χ4n) is 2.34. The van der Waals surface area contributed by atoms with Gasteiger partial charge in [-0.2, -0.15) is 0 Å². The number of fused-ring (bicyclic) bond motifs is 1. The van der Waals surface area contributed by atoms with Crippen LogP contribution >= 0.6 is 0 Å². The number of carbonyl (C=O) groups is 1. The zero-order valence-corrected chi connectivity index (χ0v) is 13.6. The number of hydrazine groups is 1. The van der Waals surface area contributed by atoms with Crippen molar-refractivity contribution >= 4 is 26.8 Å². The molecule has 0 aliphatic rings. The molecule has 3 aromatic rings. The molecular weight excluding hydrogens is 330 g/mol. The highest BCUT2D eigenvalue weighted by molar-refractivity contribution is 7.89. The van der Waals surface area contributed by atoms with Crippen LogP contribution in [0.1, 0.15) is 10.4 Å². The molecule has 1 heterocycles. The van der Waals surface area contributed by atoms with Crippen molar-refractivity contribution in [2.75, 3.05) is 7.11 Å². The number of methoxy groups -OCH3 is 1. The summed E-state index contributed by atoms with van der Waals surface area (Å²) in [7, 11) is -2.59. The first kappa shape index (κ1) is 16.0. The van der Waals surface area contributed by atoms with Crippen LogP contribution in [0.3, 0.4) is 0 Å². The zero-order valence-electron chi connectivity index (χ0n) is 12.7. The van der Waals surface area contributed by atoms with E-state index in [9.17, 15) is 13.2 Å². The Bertz CT molecular complexity index is 995. The number of sulfonamides is 1. The minimum atomic E-state index is -3.96. The van der Waals surface area contributed by atoms with Crippen LogP contribution in [-0.2, 0) is 10.0 Å². The molecule has 0 unspecified atom stereocenters. The standard InChI is InChI=1S/C16H15N3O4S/c1-23-14-8-4-5-9-15(14)24(21,22)19-18-16(20)12-10-17-13-7-3-2-6-11(12)13/h2-10,17,19H,1H3,(H,18,20). The summed E-state index contributed by atoms with van der Waals surface area (Å²) in [5, 5.41) is 0.700. The van der Waals surface area contributed by atoms with Gasteiger partial charge in [-0.05, 0) is 18.2 Å². The summed E-state index contributed by atoms with van der Waals surface area (Å²) in [6, 6.07) is 13.4. The average molecular weight is 345 g/mol. The van der Waals surface area contributed by atoms with Crippen molar-refractivity contribution < 1.29 is 17.9 Å². The van der Waals surface area contributed by atoms with E-state index >= 15 is 0 Å². The maximum Gasteiger partial charge on any atom is 0.268 e. The van der Waals surface area contributed by atoms with E-state index in [1.165, 1.54) is 25.4 Å². The van der Waals surface area contributed by atoms with E-state index in [2.05, 4.69) is 15.2 Å². The molecule has 3 rings (SSSR count). The number of carbonyl (C=O) groups excluding carboxylic acids is 1. The number of aromatic nitrogens is 1. The molecule has 0 saturated heterocycles. The van der Waals surface area contributed by atoms with E-state index in [1.807, 2.05) is 12.1 Å². The van der Waals surface area contributed by atoms with Crippen molar-refractivity contribution in [3.63, 3.8) is 0 Å².